The Balaban J connectivity index is 1.94. The van der Waals surface area contributed by atoms with Crippen LogP contribution in [0.5, 0.6) is 0 Å². The van der Waals surface area contributed by atoms with Crippen molar-refractivity contribution in [2.45, 2.75) is 25.4 Å². The molecule has 1 amide bonds. The van der Waals surface area contributed by atoms with Gasteiger partial charge in [0, 0.05) is 31.7 Å². The lowest BCUT2D eigenvalue weighted by Gasteiger charge is -2.37. The van der Waals surface area contributed by atoms with E-state index in [9.17, 15) is 9.18 Å². The molecule has 5 heteroatoms. The lowest BCUT2D eigenvalue weighted by atomic mass is 10.0. The van der Waals surface area contributed by atoms with Gasteiger partial charge in [-0.25, -0.2) is 4.39 Å². The lowest BCUT2D eigenvalue weighted by Crippen LogP contribution is -2.48. The van der Waals surface area contributed by atoms with Crippen LogP contribution in [0.1, 0.15) is 18.4 Å². The summed E-state index contributed by atoms with van der Waals surface area (Å²) in [5.74, 6) is 0.562. The van der Waals surface area contributed by atoms with Crippen LogP contribution in [0, 0.1) is 5.82 Å². The van der Waals surface area contributed by atoms with Gasteiger partial charge in [0.1, 0.15) is 5.82 Å². The van der Waals surface area contributed by atoms with Crippen LogP contribution in [0.25, 0.3) is 0 Å². The Kier molecular flexibility index (Phi) is 6.06. The standard InChI is InChI=1S/C16H23FN2OS/c1-18(16(20)12-21-2)14-7-5-9-19(11-14)10-13-6-3-4-8-15(13)17/h3-4,6,8,14H,5,7,9-12H2,1-2H3/t14-/m0/s1. The van der Waals surface area contributed by atoms with Gasteiger partial charge in [-0.05, 0) is 31.7 Å². The van der Waals surface area contributed by atoms with E-state index in [4.69, 9.17) is 0 Å². The molecule has 1 aliphatic heterocycles. The highest BCUT2D eigenvalue weighted by Crippen LogP contribution is 2.19. The van der Waals surface area contributed by atoms with E-state index in [1.807, 2.05) is 30.3 Å². The van der Waals surface area contributed by atoms with E-state index in [0.717, 1.165) is 31.5 Å². The molecule has 0 spiro atoms. The molecule has 0 radical (unpaired) electrons. The molecule has 0 saturated carbocycles. The average molecular weight is 310 g/mol. The SMILES string of the molecule is CSCC(=O)N(C)[C@H]1CCCN(Cc2ccccc2F)C1. The zero-order valence-electron chi connectivity index (χ0n) is 12.7. The maximum absolute atomic E-state index is 13.7. The topological polar surface area (TPSA) is 23.6 Å². The smallest absolute Gasteiger partial charge is 0.232 e. The monoisotopic (exact) mass is 310 g/mol. The summed E-state index contributed by atoms with van der Waals surface area (Å²) < 4.78 is 13.7. The van der Waals surface area contributed by atoms with E-state index < -0.39 is 0 Å². The minimum atomic E-state index is -0.147. The van der Waals surface area contributed by atoms with Crippen LogP contribution in [0.3, 0.4) is 0 Å². The third kappa shape index (κ3) is 4.45. The molecule has 2 rings (SSSR count). The van der Waals surface area contributed by atoms with Gasteiger partial charge < -0.3 is 4.90 Å². The van der Waals surface area contributed by atoms with Crippen LogP contribution in [0.2, 0.25) is 0 Å². The zero-order chi connectivity index (χ0) is 15.2. The number of halogens is 1. The van der Waals surface area contributed by atoms with Crippen molar-refractivity contribution in [2.75, 3.05) is 32.1 Å². The first kappa shape index (κ1) is 16.3. The number of amides is 1. The van der Waals surface area contributed by atoms with E-state index in [2.05, 4.69) is 4.90 Å². The van der Waals surface area contributed by atoms with Gasteiger partial charge in [0.05, 0.1) is 5.75 Å². The Morgan fingerprint density at radius 3 is 2.95 bits per heavy atom. The van der Waals surface area contributed by atoms with Crippen molar-refractivity contribution in [1.29, 1.82) is 0 Å². The summed E-state index contributed by atoms with van der Waals surface area (Å²) >= 11 is 1.55. The van der Waals surface area contributed by atoms with E-state index in [0.29, 0.717) is 12.3 Å². The molecular weight excluding hydrogens is 287 g/mol. The summed E-state index contributed by atoms with van der Waals surface area (Å²) in [5.41, 5.74) is 0.733. The van der Waals surface area contributed by atoms with Gasteiger partial charge in [-0.1, -0.05) is 18.2 Å². The van der Waals surface area contributed by atoms with Gasteiger partial charge in [-0.2, -0.15) is 11.8 Å². The van der Waals surface area contributed by atoms with Crippen molar-refractivity contribution in [2.24, 2.45) is 0 Å². The average Bonchev–Trinajstić information content (AvgIpc) is 2.49. The molecule has 1 fully saturated rings. The predicted molar refractivity (Wildman–Crippen MR) is 85.9 cm³/mol. The van der Waals surface area contributed by atoms with Gasteiger partial charge in [-0.3, -0.25) is 9.69 Å². The fraction of sp³-hybridized carbons (Fsp3) is 0.562. The highest BCUT2D eigenvalue weighted by molar-refractivity contribution is 7.99. The van der Waals surface area contributed by atoms with Crippen molar-refractivity contribution < 1.29 is 9.18 Å². The molecule has 21 heavy (non-hydrogen) atoms. The Morgan fingerprint density at radius 2 is 2.24 bits per heavy atom. The zero-order valence-corrected chi connectivity index (χ0v) is 13.5. The lowest BCUT2D eigenvalue weighted by molar-refractivity contribution is -0.130. The number of likely N-dealkylation sites (N-methyl/N-ethyl adjacent to an activating group) is 1. The maximum Gasteiger partial charge on any atom is 0.232 e. The summed E-state index contributed by atoms with van der Waals surface area (Å²) in [6, 6.07) is 7.16. The molecule has 116 valence electrons. The summed E-state index contributed by atoms with van der Waals surface area (Å²) in [6.45, 7) is 2.41. The number of nitrogens with zero attached hydrogens (tertiary/aromatic N) is 2. The number of hydrogen-bond donors (Lipinski definition) is 0. The van der Waals surface area contributed by atoms with Crippen LogP contribution < -0.4 is 0 Å². The molecule has 1 saturated heterocycles. The molecule has 1 aliphatic rings. The molecule has 0 unspecified atom stereocenters. The number of hydrogen-bond acceptors (Lipinski definition) is 3. The van der Waals surface area contributed by atoms with E-state index >= 15 is 0 Å². The number of rotatable bonds is 5. The summed E-state index contributed by atoms with van der Waals surface area (Å²) in [4.78, 5) is 16.1. The first-order chi connectivity index (χ1) is 10.1. The number of carbonyl (C=O) groups is 1. The van der Waals surface area contributed by atoms with Crippen molar-refractivity contribution in [1.82, 2.24) is 9.80 Å². The van der Waals surface area contributed by atoms with Crippen molar-refractivity contribution in [3.05, 3.63) is 35.6 Å². The number of carbonyl (C=O) groups excluding carboxylic acids is 1. The molecule has 3 nitrogen and oxygen atoms in total. The number of likely N-dealkylation sites (tertiary alicyclic amines) is 1. The van der Waals surface area contributed by atoms with Crippen LogP contribution in [0.15, 0.2) is 24.3 Å². The third-order valence-electron chi connectivity index (χ3n) is 4.04. The molecule has 1 heterocycles. The first-order valence-electron chi connectivity index (χ1n) is 7.32. The van der Waals surface area contributed by atoms with Gasteiger partial charge in [0.25, 0.3) is 0 Å². The molecular formula is C16H23FN2OS. The molecule has 0 N–H and O–H groups in total. The maximum atomic E-state index is 13.7. The second kappa shape index (κ2) is 7.80. The number of thioether (sulfide) groups is 1. The van der Waals surface area contributed by atoms with Gasteiger partial charge in [-0.15, -0.1) is 0 Å². The van der Waals surface area contributed by atoms with Crippen molar-refractivity contribution >= 4 is 17.7 Å². The molecule has 1 aromatic rings. The second-order valence-corrected chi connectivity index (χ2v) is 6.43. The largest absolute Gasteiger partial charge is 0.341 e. The van der Waals surface area contributed by atoms with Gasteiger partial charge in [0.2, 0.25) is 5.91 Å². The minimum Gasteiger partial charge on any atom is -0.341 e. The Morgan fingerprint density at radius 1 is 1.48 bits per heavy atom. The summed E-state index contributed by atoms with van der Waals surface area (Å²) in [6.07, 6.45) is 4.03. The van der Waals surface area contributed by atoms with Crippen LogP contribution in [-0.2, 0) is 11.3 Å². The second-order valence-electron chi connectivity index (χ2n) is 5.56. The molecule has 0 bridgehead atoms. The van der Waals surface area contributed by atoms with E-state index in [-0.39, 0.29) is 17.8 Å². The van der Waals surface area contributed by atoms with Crippen molar-refractivity contribution in [3.8, 4) is 0 Å². The summed E-state index contributed by atoms with van der Waals surface area (Å²) in [5, 5.41) is 0. The van der Waals surface area contributed by atoms with Gasteiger partial charge >= 0.3 is 0 Å². The predicted octanol–water partition coefficient (Wildman–Crippen LogP) is 2.61. The van der Waals surface area contributed by atoms with Crippen LogP contribution in [0.4, 0.5) is 4.39 Å². The van der Waals surface area contributed by atoms with Gasteiger partial charge in [0.15, 0.2) is 0 Å². The number of benzene rings is 1. The molecule has 1 atom stereocenters. The van der Waals surface area contributed by atoms with Crippen LogP contribution >= 0.6 is 11.8 Å². The quantitative estimate of drug-likeness (QED) is 0.835. The Bertz CT molecular complexity index is 483. The molecule has 0 aliphatic carbocycles. The normalized spacial score (nSPS) is 19.5. The first-order valence-corrected chi connectivity index (χ1v) is 8.71. The number of piperidine rings is 1. The van der Waals surface area contributed by atoms with E-state index in [1.54, 1.807) is 17.8 Å². The Hall–Kier alpha value is -1.07. The minimum absolute atomic E-state index is 0.147. The van der Waals surface area contributed by atoms with E-state index in [1.165, 1.54) is 6.07 Å². The molecule has 1 aromatic carbocycles. The highest BCUT2D eigenvalue weighted by Gasteiger charge is 2.26. The Labute approximate surface area is 130 Å². The fourth-order valence-electron chi connectivity index (χ4n) is 2.79. The fourth-order valence-corrected chi connectivity index (χ4v) is 3.24. The van der Waals surface area contributed by atoms with Crippen molar-refractivity contribution in [3.63, 3.8) is 0 Å². The van der Waals surface area contributed by atoms with Crippen LogP contribution in [-0.4, -0.2) is 53.9 Å². The third-order valence-corrected chi connectivity index (χ3v) is 4.58. The highest BCUT2D eigenvalue weighted by atomic mass is 32.2. The molecule has 0 aromatic heterocycles. The summed E-state index contributed by atoms with van der Waals surface area (Å²) in [7, 11) is 1.88.